The molecule has 0 spiro atoms. The molecule has 0 aliphatic carbocycles. The first-order valence-electron chi connectivity index (χ1n) is 11.6. The Morgan fingerprint density at radius 1 is 1.18 bits per heavy atom. The average Bonchev–Trinajstić information content (AvgIpc) is 3.38. The van der Waals surface area contributed by atoms with Crippen molar-refractivity contribution in [3.05, 3.63) is 53.5 Å². The zero-order valence-electron chi connectivity index (χ0n) is 18.6. The third-order valence-corrected chi connectivity index (χ3v) is 7.27. The van der Waals surface area contributed by atoms with Crippen molar-refractivity contribution in [3.8, 4) is 11.3 Å². The van der Waals surface area contributed by atoms with Crippen molar-refractivity contribution in [2.45, 2.75) is 44.6 Å². The minimum Gasteiger partial charge on any atom is -0.378 e. The number of hydrogen-bond donors (Lipinski definition) is 1. The van der Waals surface area contributed by atoms with E-state index in [9.17, 15) is 8.78 Å². The summed E-state index contributed by atoms with van der Waals surface area (Å²) in [6.45, 7) is 5.79. The first-order valence-corrected chi connectivity index (χ1v) is 11.6. The van der Waals surface area contributed by atoms with Crippen molar-refractivity contribution in [1.82, 2.24) is 24.5 Å². The fraction of sp³-hybridized carbons (Fsp3) is 0.440. The molecule has 1 N–H and O–H groups in total. The summed E-state index contributed by atoms with van der Waals surface area (Å²) >= 11 is 0. The number of pyridine rings is 1. The van der Waals surface area contributed by atoms with E-state index in [4.69, 9.17) is 4.74 Å². The molecule has 0 bridgehead atoms. The fourth-order valence-corrected chi connectivity index (χ4v) is 5.39. The normalized spacial score (nSPS) is 18.5. The highest BCUT2D eigenvalue weighted by atomic mass is 19.3. The van der Waals surface area contributed by atoms with E-state index in [0.717, 1.165) is 72.5 Å². The summed E-state index contributed by atoms with van der Waals surface area (Å²) in [6.07, 6.45) is 2.84. The molecule has 4 aromatic rings. The number of halogens is 2. The summed E-state index contributed by atoms with van der Waals surface area (Å²) < 4.78 is 34.4. The second-order valence-electron chi connectivity index (χ2n) is 9.32. The van der Waals surface area contributed by atoms with Crippen LogP contribution in [0.2, 0.25) is 0 Å². The van der Waals surface area contributed by atoms with Crippen LogP contribution in [0.15, 0.2) is 36.8 Å². The quantitative estimate of drug-likeness (QED) is 0.483. The van der Waals surface area contributed by atoms with Gasteiger partial charge in [-0.05, 0) is 73.7 Å². The molecule has 2 saturated heterocycles. The highest BCUT2D eigenvalue weighted by molar-refractivity contribution is 5.91. The van der Waals surface area contributed by atoms with Gasteiger partial charge in [-0.15, -0.1) is 0 Å². The van der Waals surface area contributed by atoms with Crippen molar-refractivity contribution in [2.75, 3.05) is 26.3 Å². The highest BCUT2D eigenvalue weighted by Crippen LogP contribution is 2.36. The Morgan fingerprint density at radius 2 is 2.00 bits per heavy atom. The van der Waals surface area contributed by atoms with Crippen molar-refractivity contribution in [2.24, 2.45) is 0 Å². The number of ether oxygens (including phenoxy) is 1. The van der Waals surface area contributed by atoms with Gasteiger partial charge in [0, 0.05) is 29.1 Å². The van der Waals surface area contributed by atoms with E-state index in [2.05, 4.69) is 38.2 Å². The number of alkyl halides is 2. The minimum absolute atomic E-state index is 0.284. The molecular weight excluding hydrogens is 424 g/mol. The number of hydrogen-bond acceptors (Lipinski definition) is 4. The van der Waals surface area contributed by atoms with Gasteiger partial charge in [0.1, 0.15) is 6.33 Å². The van der Waals surface area contributed by atoms with E-state index >= 15 is 0 Å². The molecular formula is C25H27F2N5O. The van der Waals surface area contributed by atoms with Gasteiger partial charge in [-0.2, -0.15) is 5.10 Å². The van der Waals surface area contributed by atoms with E-state index in [1.165, 1.54) is 11.9 Å². The Kier molecular flexibility index (Phi) is 5.14. The number of H-pyrrole nitrogens is 1. The lowest BCUT2D eigenvalue weighted by Gasteiger charge is -2.41. The number of aromatic nitrogens is 4. The molecule has 3 aromatic heterocycles. The van der Waals surface area contributed by atoms with Crippen LogP contribution in [0.5, 0.6) is 0 Å². The second-order valence-corrected chi connectivity index (χ2v) is 9.32. The lowest BCUT2D eigenvalue weighted by Crippen LogP contribution is -2.51. The number of piperidine rings is 1. The van der Waals surface area contributed by atoms with Crippen LogP contribution in [0, 0.1) is 6.92 Å². The maximum Gasteiger partial charge on any atom is 0.242 e. The molecule has 0 unspecified atom stereocenters. The lowest BCUT2D eigenvalue weighted by molar-refractivity contribution is -0.0712. The number of aromatic amines is 1. The molecule has 2 aliphatic rings. The predicted octanol–water partition coefficient (Wildman–Crippen LogP) is 4.57. The first-order chi connectivity index (χ1) is 16.1. The Bertz CT molecular complexity index is 1300. The van der Waals surface area contributed by atoms with E-state index < -0.39 is 6.43 Å². The number of likely N-dealkylation sites (tertiary alicyclic amines) is 1. The van der Waals surface area contributed by atoms with E-state index in [0.29, 0.717) is 17.5 Å². The highest BCUT2D eigenvalue weighted by Gasteiger charge is 2.30. The molecule has 5 heterocycles. The Hall–Kier alpha value is -2.84. The number of aryl methyl sites for hydroxylation is 1. The minimum atomic E-state index is -2.42. The zero-order chi connectivity index (χ0) is 22.5. The topological polar surface area (TPSA) is 58.5 Å². The molecule has 172 valence electrons. The zero-order valence-corrected chi connectivity index (χ0v) is 18.6. The van der Waals surface area contributed by atoms with Gasteiger partial charge < -0.3 is 9.72 Å². The molecule has 6 nitrogen and oxygen atoms in total. The Labute approximate surface area is 190 Å². The number of nitrogens with zero attached hydrogens (tertiary/aromatic N) is 4. The molecule has 0 saturated carbocycles. The van der Waals surface area contributed by atoms with Crippen LogP contribution in [0.25, 0.3) is 27.8 Å². The van der Waals surface area contributed by atoms with Gasteiger partial charge in [-0.3, -0.25) is 4.90 Å². The molecule has 0 radical (unpaired) electrons. The SMILES string of the molecule is Cc1cc(-c2[nH]c3ccc(C4CCN(C5COC5)CC4)cc3c2CC(F)F)cn2ncnc12. The summed E-state index contributed by atoms with van der Waals surface area (Å²) in [5, 5.41) is 5.14. The fourth-order valence-electron chi connectivity index (χ4n) is 5.39. The van der Waals surface area contributed by atoms with Crippen molar-refractivity contribution in [3.63, 3.8) is 0 Å². The Morgan fingerprint density at radius 3 is 2.73 bits per heavy atom. The molecule has 6 rings (SSSR count). The number of fused-ring (bicyclic) bond motifs is 2. The van der Waals surface area contributed by atoms with Gasteiger partial charge in [-0.1, -0.05) is 6.07 Å². The van der Waals surface area contributed by atoms with Gasteiger partial charge in [0.15, 0.2) is 5.65 Å². The number of nitrogens with one attached hydrogen (secondary N) is 1. The van der Waals surface area contributed by atoms with Crippen molar-refractivity contribution >= 4 is 16.6 Å². The smallest absolute Gasteiger partial charge is 0.242 e. The van der Waals surface area contributed by atoms with Gasteiger partial charge in [0.2, 0.25) is 6.43 Å². The van der Waals surface area contributed by atoms with Crippen molar-refractivity contribution in [1.29, 1.82) is 0 Å². The standard InChI is InChI=1S/C25H27F2N5O/c1-15-8-18(11-32-25(15)28-14-29-32)24-21(10-23(26)27)20-9-17(2-3-22(20)30-24)16-4-6-31(7-5-16)19-12-33-13-19/h2-3,8-9,11,14,16,19,23,30H,4-7,10,12-13H2,1H3. The maximum absolute atomic E-state index is 13.7. The molecule has 2 aliphatic heterocycles. The molecule has 1 aromatic carbocycles. The predicted molar refractivity (Wildman–Crippen MR) is 123 cm³/mol. The van der Waals surface area contributed by atoms with Crippen LogP contribution in [0.3, 0.4) is 0 Å². The molecule has 33 heavy (non-hydrogen) atoms. The van der Waals surface area contributed by atoms with Gasteiger partial charge in [0.25, 0.3) is 0 Å². The van der Waals surface area contributed by atoms with Gasteiger partial charge in [0.05, 0.1) is 24.9 Å². The average molecular weight is 452 g/mol. The van der Waals surface area contributed by atoms with Gasteiger partial charge in [-0.25, -0.2) is 18.3 Å². The van der Waals surface area contributed by atoms with E-state index in [-0.39, 0.29) is 6.42 Å². The summed E-state index contributed by atoms with van der Waals surface area (Å²) in [7, 11) is 0. The maximum atomic E-state index is 13.7. The molecule has 0 atom stereocenters. The van der Waals surface area contributed by atoms with Crippen LogP contribution >= 0.6 is 0 Å². The van der Waals surface area contributed by atoms with Crippen LogP contribution < -0.4 is 0 Å². The molecule has 2 fully saturated rings. The lowest BCUT2D eigenvalue weighted by atomic mass is 9.87. The van der Waals surface area contributed by atoms with E-state index in [1.807, 2.05) is 19.2 Å². The number of rotatable bonds is 5. The third-order valence-electron chi connectivity index (χ3n) is 7.27. The van der Waals surface area contributed by atoms with Crippen molar-refractivity contribution < 1.29 is 13.5 Å². The summed E-state index contributed by atoms with van der Waals surface area (Å²) in [5.41, 5.74) is 6.12. The van der Waals surface area contributed by atoms with Crippen LogP contribution in [0.1, 0.15) is 35.4 Å². The third kappa shape index (κ3) is 3.71. The molecule has 8 heteroatoms. The van der Waals surface area contributed by atoms with Gasteiger partial charge >= 0.3 is 0 Å². The largest absolute Gasteiger partial charge is 0.378 e. The first kappa shape index (κ1) is 20.7. The Balaban J connectivity index is 1.37. The van der Waals surface area contributed by atoms with Crippen LogP contribution in [-0.2, 0) is 11.2 Å². The monoisotopic (exact) mass is 451 g/mol. The van der Waals surface area contributed by atoms with Crippen LogP contribution in [-0.4, -0.2) is 63.3 Å². The summed E-state index contributed by atoms with van der Waals surface area (Å²) in [4.78, 5) is 10.2. The van der Waals surface area contributed by atoms with E-state index in [1.54, 1.807) is 4.52 Å². The summed E-state index contributed by atoms with van der Waals surface area (Å²) in [5.74, 6) is 0.457. The molecule has 0 amide bonds. The van der Waals surface area contributed by atoms with Crippen LogP contribution in [0.4, 0.5) is 8.78 Å². The summed E-state index contributed by atoms with van der Waals surface area (Å²) in [6, 6.07) is 8.92. The number of benzene rings is 1. The second kappa shape index (κ2) is 8.18.